The van der Waals surface area contributed by atoms with E-state index < -0.39 is 0 Å². The van der Waals surface area contributed by atoms with Crippen LogP contribution in [0.15, 0.2) is 0 Å². The second-order valence-corrected chi connectivity index (χ2v) is 4.04. The Morgan fingerprint density at radius 3 is 2.77 bits per heavy atom. The van der Waals surface area contributed by atoms with Gasteiger partial charge in [0.1, 0.15) is 0 Å². The Hall–Kier alpha value is -0.0300. The average molecular weight is 242 g/mol. The van der Waals surface area contributed by atoms with E-state index in [0.717, 1.165) is 19.3 Å². The maximum atomic E-state index is 5.80. The lowest BCUT2D eigenvalue weighted by molar-refractivity contribution is 0.576. The quantitative estimate of drug-likeness (QED) is 0.722. The molecule has 0 aromatic carbocycles. The summed E-state index contributed by atoms with van der Waals surface area (Å²) in [7, 11) is 0. The van der Waals surface area contributed by atoms with Crippen LogP contribution >= 0.6 is 36.2 Å². The van der Waals surface area contributed by atoms with Crippen LogP contribution in [0.4, 0.5) is 5.13 Å². The van der Waals surface area contributed by atoms with Crippen molar-refractivity contribution in [3.8, 4) is 0 Å². The maximum absolute atomic E-state index is 5.80. The van der Waals surface area contributed by atoms with Gasteiger partial charge in [0.15, 0.2) is 5.13 Å². The number of hydrogen-bond acceptors (Lipinski definition) is 4. The maximum Gasteiger partial charge on any atom is 0.180 e. The van der Waals surface area contributed by atoms with E-state index in [1.165, 1.54) is 10.6 Å². The summed E-state index contributed by atoms with van der Waals surface area (Å²) < 4.78 is 0. The molecule has 1 aliphatic rings. The lowest BCUT2D eigenvalue weighted by Gasteiger charge is -2.15. The number of nitrogens with two attached hydrogens (primary N) is 2. The zero-order valence-electron chi connectivity index (χ0n) is 7.03. The minimum atomic E-state index is 0. The molecule has 1 aliphatic carbocycles. The molecule has 0 aliphatic heterocycles. The Bertz CT molecular complexity index is 277. The van der Waals surface area contributed by atoms with E-state index >= 15 is 0 Å². The first-order chi connectivity index (χ1) is 5.25. The number of thiazole rings is 1. The zero-order chi connectivity index (χ0) is 7.84. The van der Waals surface area contributed by atoms with Gasteiger partial charge in [-0.05, 0) is 19.3 Å². The minimum absolute atomic E-state index is 0. The highest BCUT2D eigenvalue weighted by Gasteiger charge is 2.18. The number of aryl methyl sites for hydroxylation is 1. The van der Waals surface area contributed by atoms with Gasteiger partial charge in [0.05, 0.1) is 5.69 Å². The first kappa shape index (κ1) is 13.0. The molecule has 6 heteroatoms. The van der Waals surface area contributed by atoms with Crippen molar-refractivity contribution >= 4 is 41.3 Å². The first-order valence-corrected chi connectivity index (χ1v) is 4.57. The van der Waals surface area contributed by atoms with Crippen molar-refractivity contribution in [1.29, 1.82) is 0 Å². The van der Waals surface area contributed by atoms with Gasteiger partial charge in [-0.3, -0.25) is 0 Å². The largest absolute Gasteiger partial charge is 0.375 e. The molecule has 2 rings (SSSR count). The third kappa shape index (κ3) is 2.71. The van der Waals surface area contributed by atoms with Gasteiger partial charge in [0, 0.05) is 10.9 Å². The minimum Gasteiger partial charge on any atom is -0.375 e. The summed E-state index contributed by atoms with van der Waals surface area (Å²) in [5.74, 6) is 0. The Balaban J connectivity index is 0.000000720. The molecule has 3 nitrogen and oxygen atoms in total. The predicted octanol–water partition coefficient (Wildman–Crippen LogP) is 1.38. The van der Waals surface area contributed by atoms with E-state index in [0.29, 0.717) is 11.2 Å². The Labute approximate surface area is 93.7 Å². The summed E-state index contributed by atoms with van der Waals surface area (Å²) >= 11 is 1.58. The molecular formula is C7H13Cl2N3S. The fourth-order valence-electron chi connectivity index (χ4n) is 1.42. The van der Waals surface area contributed by atoms with Crippen LogP contribution in [-0.4, -0.2) is 11.0 Å². The second kappa shape index (κ2) is 5.00. The normalized spacial score (nSPS) is 19.6. The average Bonchev–Trinajstić information content (AvgIpc) is 2.27. The van der Waals surface area contributed by atoms with Crippen LogP contribution in [0.1, 0.15) is 17.0 Å². The van der Waals surface area contributed by atoms with Gasteiger partial charge in [-0.25, -0.2) is 4.98 Å². The summed E-state index contributed by atoms with van der Waals surface area (Å²) in [6.07, 6.45) is 3.02. The Morgan fingerprint density at radius 1 is 1.38 bits per heavy atom. The summed E-state index contributed by atoms with van der Waals surface area (Å²) in [5.41, 5.74) is 12.5. The fraction of sp³-hybridized carbons (Fsp3) is 0.571. The Kier molecular flexibility index (Phi) is 4.99. The van der Waals surface area contributed by atoms with Gasteiger partial charge in [-0.2, -0.15) is 0 Å². The molecule has 0 saturated heterocycles. The smallest absolute Gasteiger partial charge is 0.180 e. The SMILES string of the molecule is Cl.Cl.Nc1nc2c(s1)C[C@H](N)CC2. The molecular weight excluding hydrogens is 229 g/mol. The van der Waals surface area contributed by atoms with E-state index in [-0.39, 0.29) is 24.8 Å². The van der Waals surface area contributed by atoms with Crippen LogP contribution in [0.25, 0.3) is 0 Å². The van der Waals surface area contributed by atoms with E-state index in [1.807, 2.05) is 0 Å². The van der Waals surface area contributed by atoms with Gasteiger partial charge in [0.2, 0.25) is 0 Å². The molecule has 1 aromatic heterocycles. The van der Waals surface area contributed by atoms with E-state index in [1.54, 1.807) is 11.3 Å². The number of nitrogens with zero attached hydrogens (tertiary/aromatic N) is 1. The molecule has 0 radical (unpaired) electrons. The number of hydrogen-bond donors (Lipinski definition) is 2. The summed E-state index contributed by atoms with van der Waals surface area (Å²) in [6, 6.07) is 0.322. The molecule has 0 amide bonds. The number of nitrogen functional groups attached to an aromatic ring is 1. The molecule has 1 heterocycles. The van der Waals surface area contributed by atoms with E-state index in [9.17, 15) is 0 Å². The highest BCUT2D eigenvalue weighted by molar-refractivity contribution is 7.15. The number of fused-ring (bicyclic) bond motifs is 1. The van der Waals surface area contributed by atoms with Gasteiger partial charge in [-0.15, -0.1) is 36.2 Å². The van der Waals surface area contributed by atoms with Crippen LogP contribution < -0.4 is 11.5 Å². The van der Waals surface area contributed by atoms with Crippen molar-refractivity contribution in [2.75, 3.05) is 5.73 Å². The standard InChI is InChI=1S/C7H11N3S.2ClH/c8-4-1-2-5-6(3-4)11-7(9)10-5;;/h4H,1-3,8H2,(H2,9,10);2*1H/t4-;;/m1../s1. The van der Waals surface area contributed by atoms with E-state index in [2.05, 4.69) is 4.98 Å². The third-order valence-electron chi connectivity index (χ3n) is 1.99. The fourth-order valence-corrected chi connectivity index (χ4v) is 2.39. The van der Waals surface area contributed by atoms with E-state index in [4.69, 9.17) is 11.5 Å². The van der Waals surface area contributed by atoms with Crippen molar-refractivity contribution < 1.29 is 0 Å². The number of halogens is 2. The molecule has 76 valence electrons. The van der Waals surface area contributed by atoms with Gasteiger partial charge < -0.3 is 11.5 Å². The van der Waals surface area contributed by atoms with Gasteiger partial charge in [-0.1, -0.05) is 0 Å². The first-order valence-electron chi connectivity index (χ1n) is 3.75. The van der Waals surface area contributed by atoms with Crippen molar-refractivity contribution in [3.05, 3.63) is 10.6 Å². The molecule has 0 spiro atoms. The monoisotopic (exact) mass is 241 g/mol. The van der Waals surface area contributed by atoms with Crippen molar-refractivity contribution in [3.63, 3.8) is 0 Å². The van der Waals surface area contributed by atoms with Gasteiger partial charge in [0.25, 0.3) is 0 Å². The lowest BCUT2D eigenvalue weighted by atomic mass is 9.99. The zero-order valence-corrected chi connectivity index (χ0v) is 9.47. The molecule has 0 fully saturated rings. The van der Waals surface area contributed by atoms with Crippen LogP contribution in [0.5, 0.6) is 0 Å². The van der Waals surface area contributed by atoms with Crippen LogP contribution in [0, 0.1) is 0 Å². The molecule has 1 atom stereocenters. The van der Waals surface area contributed by atoms with Crippen molar-refractivity contribution in [1.82, 2.24) is 4.98 Å². The van der Waals surface area contributed by atoms with Gasteiger partial charge >= 0.3 is 0 Å². The van der Waals surface area contributed by atoms with Crippen LogP contribution in [0.3, 0.4) is 0 Å². The number of aromatic nitrogens is 1. The number of rotatable bonds is 0. The summed E-state index contributed by atoms with van der Waals surface area (Å²) in [6.45, 7) is 0. The molecule has 0 saturated carbocycles. The molecule has 1 aromatic rings. The third-order valence-corrected chi connectivity index (χ3v) is 2.94. The van der Waals surface area contributed by atoms with Crippen LogP contribution in [-0.2, 0) is 12.8 Å². The lowest BCUT2D eigenvalue weighted by Crippen LogP contribution is -2.26. The van der Waals surface area contributed by atoms with Crippen molar-refractivity contribution in [2.24, 2.45) is 5.73 Å². The number of anilines is 1. The molecule has 13 heavy (non-hydrogen) atoms. The predicted molar refractivity (Wildman–Crippen MR) is 61.0 cm³/mol. The summed E-state index contributed by atoms with van der Waals surface area (Å²) in [4.78, 5) is 5.52. The topological polar surface area (TPSA) is 64.9 Å². The van der Waals surface area contributed by atoms with Crippen LogP contribution in [0.2, 0.25) is 0 Å². The van der Waals surface area contributed by atoms with Crippen molar-refractivity contribution in [2.45, 2.75) is 25.3 Å². The molecule has 0 bridgehead atoms. The Morgan fingerprint density at radius 2 is 2.08 bits per heavy atom. The highest BCUT2D eigenvalue weighted by atomic mass is 35.5. The highest BCUT2D eigenvalue weighted by Crippen LogP contribution is 2.27. The molecule has 4 N–H and O–H groups in total. The molecule has 0 unspecified atom stereocenters. The second-order valence-electron chi connectivity index (χ2n) is 2.92. The summed E-state index contributed by atoms with van der Waals surface area (Å²) in [5, 5.41) is 0.684.